The van der Waals surface area contributed by atoms with E-state index in [1.165, 1.54) is 18.4 Å². The first-order chi connectivity index (χ1) is 14.1. The van der Waals surface area contributed by atoms with E-state index < -0.39 is 0 Å². The van der Waals surface area contributed by atoms with Crippen molar-refractivity contribution in [2.45, 2.75) is 44.0 Å². The van der Waals surface area contributed by atoms with Gasteiger partial charge in [-0.25, -0.2) is 4.79 Å². The Balaban J connectivity index is 1.53. The quantitative estimate of drug-likeness (QED) is 0.772. The number of benzene rings is 2. The molecule has 2 aliphatic rings. The van der Waals surface area contributed by atoms with Crippen molar-refractivity contribution in [2.24, 2.45) is 0 Å². The van der Waals surface area contributed by atoms with Gasteiger partial charge in [0, 0.05) is 23.7 Å². The average molecular weight is 410 g/mol. The predicted molar refractivity (Wildman–Crippen MR) is 119 cm³/mol. The Kier molecular flexibility index (Phi) is 6.09. The molecule has 0 unspecified atom stereocenters. The lowest BCUT2D eigenvalue weighted by Gasteiger charge is -2.30. The van der Waals surface area contributed by atoms with Crippen LogP contribution in [0.3, 0.4) is 0 Å². The Morgan fingerprint density at radius 1 is 1.03 bits per heavy atom. The smallest absolute Gasteiger partial charge is 0.321 e. The number of carbonyl (C=O) groups is 2. The third kappa shape index (κ3) is 4.75. The lowest BCUT2D eigenvalue weighted by Crippen LogP contribution is -2.36. The maximum absolute atomic E-state index is 12.7. The summed E-state index contributed by atoms with van der Waals surface area (Å²) in [7, 11) is 0. The lowest BCUT2D eigenvalue weighted by atomic mass is 10.1. The second-order valence-electron chi connectivity index (χ2n) is 7.77. The lowest BCUT2D eigenvalue weighted by molar-refractivity contribution is -0.116. The van der Waals surface area contributed by atoms with Gasteiger partial charge in [-0.3, -0.25) is 4.79 Å². The number of nitrogens with zero attached hydrogens (tertiary/aromatic N) is 2. The molecule has 0 radical (unpaired) electrons. The van der Waals surface area contributed by atoms with Gasteiger partial charge in [-0.05, 0) is 43.5 Å². The molecule has 2 aliphatic heterocycles. The number of anilines is 2. The van der Waals surface area contributed by atoms with Crippen molar-refractivity contribution in [3.8, 4) is 0 Å². The number of aryl methyl sites for hydroxylation is 1. The van der Waals surface area contributed by atoms with Gasteiger partial charge in [-0.1, -0.05) is 42.7 Å². The molecule has 2 heterocycles. The first-order valence-corrected chi connectivity index (χ1v) is 11.3. The molecule has 0 spiro atoms. The zero-order chi connectivity index (χ0) is 20.2. The molecule has 5 nitrogen and oxygen atoms in total. The van der Waals surface area contributed by atoms with E-state index in [1.54, 1.807) is 11.8 Å². The average Bonchev–Trinajstić information content (AvgIpc) is 3.01. The van der Waals surface area contributed by atoms with Crippen LogP contribution in [0.1, 0.15) is 36.8 Å². The van der Waals surface area contributed by atoms with E-state index in [2.05, 4.69) is 36.5 Å². The van der Waals surface area contributed by atoms with Crippen LogP contribution in [-0.4, -0.2) is 35.7 Å². The summed E-state index contributed by atoms with van der Waals surface area (Å²) in [6, 6.07) is 14.1. The highest BCUT2D eigenvalue weighted by molar-refractivity contribution is 8.00. The maximum Gasteiger partial charge on any atom is 0.321 e. The number of likely N-dealkylation sites (tertiary alicyclic amines) is 1. The minimum Gasteiger partial charge on any atom is -0.325 e. The number of hydrogen-bond acceptors (Lipinski definition) is 3. The van der Waals surface area contributed by atoms with E-state index in [-0.39, 0.29) is 11.9 Å². The van der Waals surface area contributed by atoms with Crippen LogP contribution < -0.4 is 10.2 Å². The summed E-state index contributed by atoms with van der Waals surface area (Å²) >= 11 is 1.56. The summed E-state index contributed by atoms with van der Waals surface area (Å²) in [6.07, 6.45) is 4.51. The maximum atomic E-state index is 12.7. The number of amides is 3. The van der Waals surface area contributed by atoms with E-state index in [9.17, 15) is 9.59 Å². The van der Waals surface area contributed by atoms with Crippen molar-refractivity contribution in [1.82, 2.24) is 4.90 Å². The molecule has 0 bridgehead atoms. The first kappa shape index (κ1) is 19.8. The molecule has 1 fully saturated rings. The molecule has 1 saturated heterocycles. The normalized spacial score (nSPS) is 16.9. The van der Waals surface area contributed by atoms with E-state index in [0.29, 0.717) is 12.3 Å². The highest BCUT2D eigenvalue weighted by atomic mass is 32.2. The number of hydrogen-bond donors (Lipinski definition) is 1. The molecule has 0 aromatic heterocycles. The summed E-state index contributed by atoms with van der Waals surface area (Å²) in [5.74, 6) is 0.539. The number of nitrogens with one attached hydrogen (secondary N) is 1. The van der Waals surface area contributed by atoms with Crippen LogP contribution in [0.2, 0.25) is 0 Å². The van der Waals surface area contributed by atoms with Gasteiger partial charge >= 0.3 is 6.03 Å². The zero-order valence-corrected chi connectivity index (χ0v) is 17.6. The topological polar surface area (TPSA) is 52.7 Å². The van der Waals surface area contributed by atoms with Gasteiger partial charge in [0.15, 0.2) is 0 Å². The minimum absolute atomic E-state index is 0.0493. The Morgan fingerprint density at radius 2 is 1.76 bits per heavy atom. The summed E-state index contributed by atoms with van der Waals surface area (Å²) in [5, 5.41) is 3.04. The van der Waals surface area contributed by atoms with Crippen LogP contribution >= 0.6 is 11.8 Å². The second-order valence-corrected chi connectivity index (χ2v) is 8.79. The molecule has 0 aliphatic carbocycles. The van der Waals surface area contributed by atoms with Crippen molar-refractivity contribution in [3.05, 3.63) is 53.6 Å². The van der Waals surface area contributed by atoms with Crippen LogP contribution in [-0.2, 0) is 11.3 Å². The van der Waals surface area contributed by atoms with Gasteiger partial charge in [0.1, 0.15) is 0 Å². The third-order valence-corrected chi connectivity index (χ3v) is 6.56. The molecule has 1 N–H and O–H groups in total. The molecule has 3 amide bonds. The Labute approximate surface area is 176 Å². The van der Waals surface area contributed by atoms with Crippen LogP contribution in [0.5, 0.6) is 0 Å². The van der Waals surface area contributed by atoms with E-state index in [4.69, 9.17) is 0 Å². The first-order valence-electron chi connectivity index (χ1n) is 10.3. The number of urea groups is 1. The summed E-state index contributed by atoms with van der Waals surface area (Å²) in [5.41, 5.74) is 3.91. The van der Waals surface area contributed by atoms with Gasteiger partial charge in [-0.15, -0.1) is 11.8 Å². The van der Waals surface area contributed by atoms with Crippen LogP contribution in [0, 0.1) is 6.92 Å². The number of fused-ring (bicyclic) bond motifs is 1. The Hall–Kier alpha value is -2.47. The molecule has 2 aromatic carbocycles. The fourth-order valence-electron chi connectivity index (χ4n) is 3.81. The zero-order valence-electron chi connectivity index (χ0n) is 16.8. The number of carbonyl (C=O) groups excluding carboxylic acids is 2. The van der Waals surface area contributed by atoms with Crippen molar-refractivity contribution in [3.63, 3.8) is 0 Å². The van der Waals surface area contributed by atoms with Gasteiger partial charge in [0.05, 0.1) is 18.0 Å². The van der Waals surface area contributed by atoms with Crippen molar-refractivity contribution >= 4 is 35.1 Å². The molecule has 152 valence electrons. The Bertz CT molecular complexity index is 889. The standard InChI is InChI=1S/C23H27N3O2S/c1-17-6-8-18(9-7-17)15-26-20-14-19(10-11-21(20)29-16-22(26)27)24-23(28)25-12-4-2-3-5-13-25/h6-11,14H,2-5,12-13,15-16H2,1H3,(H,24,28). The largest absolute Gasteiger partial charge is 0.325 e. The summed E-state index contributed by atoms with van der Waals surface area (Å²) < 4.78 is 0. The van der Waals surface area contributed by atoms with Gasteiger partial charge in [0.25, 0.3) is 0 Å². The van der Waals surface area contributed by atoms with Gasteiger partial charge in [0.2, 0.25) is 5.91 Å². The molecular weight excluding hydrogens is 382 g/mol. The van der Waals surface area contributed by atoms with Crippen LogP contribution in [0.25, 0.3) is 0 Å². The van der Waals surface area contributed by atoms with E-state index in [1.807, 2.05) is 28.0 Å². The summed E-state index contributed by atoms with van der Waals surface area (Å²) in [6.45, 7) is 4.21. The Morgan fingerprint density at radius 3 is 2.48 bits per heavy atom. The molecule has 0 saturated carbocycles. The predicted octanol–water partition coefficient (Wildman–Crippen LogP) is 5.04. The molecule has 6 heteroatoms. The van der Waals surface area contributed by atoms with Crippen LogP contribution in [0.15, 0.2) is 47.4 Å². The van der Waals surface area contributed by atoms with Gasteiger partial charge in [-0.2, -0.15) is 0 Å². The third-order valence-electron chi connectivity index (χ3n) is 5.51. The van der Waals surface area contributed by atoms with Crippen LogP contribution in [0.4, 0.5) is 16.2 Å². The van der Waals surface area contributed by atoms with E-state index >= 15 is 0 Å². The molecule has 4 rings (SSSR count). The highest BCUT2D eigenvalue weighted by Crippen LogP contribution is 2.38. The number of rotatable bonds is 3. The molecule has 0 atom stereocenters. The molecule has 2 aromatic rings. The fraction of sp³-hybridized carbons (Fsp3) is 0.391. The monoisotopic (exact) mass is 409 g/mol. The molecular formula is C23H27N3O2S. The minimum atomic E-state index is -0.0493. The summed E-state index contributed by atoms with van der Waals surface area (Å²) in [4.78, 5) is 30.1. The van der Waals surface area contributed by atoms with Crippen molar-refractivity contribution in [2.75, 3.05) is 29.1 Å². The molecule has 29 heavy (non-hydrogen) atoms. The fourth-order valence-corrected chi connectivity index (χ4v) is 4.72. The SMILES string of the molecule is Cc1ccc(CN2C(=O)CSc3ccc(NC(=O)N4CCCCCC4)cc32)cc1. The number of thioether (sulfide) groups is 1. The highest BCUT2D eigenvalue weighted by Gasteiger charge is 2.26. The van der Waals surface area contributed by atoms with Crippen molar-refractivity contribution < 1.29 is 9.59 Å². The van der Waals surface area contributed by atoms with Crippen molar-refractivity contribution in [1.29, 1.82) is 0 Å². The van der Waals surface area contributed by atoms with E-state index in [0.717, 1.165) is 47.8 Å². The second kappa shape index (κ2) is 8.91. The van der Waals surface area contributed by atoms with Gasteiger partial charge < -0.3 is 15.1 Å².